The number of halogens is 1. The van der Waals surface area contributed by atoms with Gasteiger partial charge in [0.05, 0.1) is 0 Å². The van der Waals surface area contributed by atoms with E-state index < -0.39 is 0 Å². The minimum absolute atomic E-state index is 0.226. The molecule has 1 amide bonds. The first kappa shape index (κ1) is 12.7. The number of H-pyrrole nitrogens is 1. The van der Waals surface area contributed by atoms with Crippen LogP contribution in [0.15, 0.2) is 42.6 Å². The van der Waals surface area contributed by atoms with Gasteiger partial charge in [-0.2, -0.15) is 0 Å². The number of hydrogen-bond acceptors (Lipinski definition) is 2. The lowest BCUT2D eigenvalue weighted by Crippen LogP contribution is -2.13. The number of nitrogens with one attached hydrogen (secondary N) is 2. The second-order valence-electron chi connectivity index (χ2n) is 4.59. The van der Waals surface area contributed by atoms with Gasteiger partial charge in [-0.3, -0.25) is 4.79 Å². The molecule has 0 aliphatic heterocycles. The van der Waals surface area contributed by atoms with Gasteiger partial charge in [0, 0.05) is 22.1 Å². The van der Waals surface area contributed by atoms with E-state index in [1.807, 2.05) is 31.2 Å². The molecule has 0 aliphatic rings. The van der Waals surface area contributed by atoms with E-state index >= 15 is 0 Å². The number of aryl methyl sites for hydroxylation is 1. The predicted molar refractivity (Wildman–Crippen MR) is 80.2 cm³/mol. The van der Waals surface area contributed by atoms with E-state index in [1.54, 1.807) is 18.3 Å². The third kappa shape index (κ3) is 2.51. The highest BCUT2D eigenvalue weighted by Gasteiger charge is 2.10. The van der Waals surface area contributed by atoms with Gasteiger partial charge in [0.1, 0.15) is 11.5 Å². The Labute approximate surface area is 120 Å². The molecule has 2 N–H and O–H groups in total. The van der Waals surface area contributed by atoms with Crippen molar-refractivity contribution in [2.24, 2.45) is 0 Å². The zero-order valence-corrected chi connectivity index (χ0v) is 11.5. The molecule has 0 saturated heterocycles. The van der Waals surface area contributed by atoms with Gasteiger partial charge in [0.2, 0.25) is 0 Å². The topological polar surface area (TPSA) is 57.8 Å². The van der Waals surface area contributed by atoms with Crippen molar-refractivity contribution in [3.05, 3.63) is 58.9 Å². The highest BCUT2D eigenvalue weighted by atomic mass is 35.5. The van der Waals surface area contributed by atoms with Crippen LogP contribution in [0.25, 0.3) is 10.9 Å². The van der Waals surface area contributed by atoms with Crippen LogP contribution in [0, 0.1) is 6.92 Å². The predicted octanol–water partition coefficient (Wildman–Crippen LogP) is 3.78. The van der Waals surface area contributed by atoms with Crippen LogP contribution in [0.2, 0.25) is 5.02 Å². The van der Waals surface area contributed by atoms with Gasteiger partial charge < -0.3 is 10.3 Å². The summed E-state index contributed by atoms with van der Waals surface area (Å²) in [5.74, 6) is 0.308. The number of anilines is 1. The smallest absolute Gasteiger partial charge is 0.273 e. The van der Waals surface area contributed by atoms with E-state index in [0.29, 0.717) is 16.5 Å². The Morgan fingerprint density at radius 2 is 2.10 bits per heavy atom. The van der Waals surface area contributed by atoms with Crippen LogP contribution >= 0.6 is 11.6 Å². The lowest BCUT2D eigenvalue weighted by molar-refractivity contribution is 0.102. The minimum Gasteiger partial charge on any atom is -0.351 e. The number of amides is 1. The van der Waals surface area contributed by atoms with Gasteiger partial charge in [0.15, 0.2) is 0 Å². The number of benzene rings is 1. The quantitative estimate of drug-likeness (QED) is 0.753. The van der Waals surface area contributed by atoms with Crippen LogP contribution in [0.1, 0.15) is 16.1 Å². The number of rotatable bonds is 2. The zero-order chi connectivity index (χ0) is 14.1. The SMILES string of the molecule is Cc1ccnc(NC(=O)c2cc3cc(Cl)ccc3[nH]2)c1. The second kappa shape index (κ2) is 4.98. The van der Waals surface area contributed by atoms with Crippen molar-refractivity contribution in [1.82, 2.24) is 9.97 Å². The number of carbonyl (C=O) groups excluding carboxylic acids is 1. The third-order valence-corrected chi connectivity index (χ3v) is 3.22. The monoisotopic (exact) mass is 285 g/mol. The molecule has 0 spiro atoms. The summed E-state index contributed by atoms with van der Waals surface area (Å²) in [7, 11) is 0. The fraction of sp³-hybridized carbons (Fsp3) is 0.0667. The molecule has 4 nitrogen and oxygen atoms in total. The molecule has 3 aromatic rings. The van der Waals surface area contributed by atoms with Crippen molar-refractivity contribution < 1.29 is 4.79 Å². The molecule has 0 radical (unpaired) electrons. The highest BCUT2D eigenvalue weighted by molar-refractivity contribution is 6.31. The van der Waals surface area contributed by atoms with Crippen LogP contribution in [-0.4, -0.2) is 15.9 Å². The zero-order valence-electron chi connectivity index (χ0n) is 10.8. The average Bonchev–Trinajstić information content (AvgIpc) is 2.81. The summed E-state index contributed by atoms with van der Waals surface area (Å²) in [4.78, 5) is 19.3. The third-order valence-electron chi connectivity index (χ3n) is 2.98. The number of aromatic nitrogens is 2. The Bertz CT molecular complexity index is 795. The maximum absolute atomic E-state index is 12.2. The summed E-state index contributed by atoms with van der Waals surface area (Å²) in [6.07, 6.45) is 1.66. The van der Waals surface area contributed by atoms with Gasteiger partial charge in [0.25, 0.3) is 5.91 Å². The summed E-state index contributed by atoms with van der Waals surface area (Å²) >= 11 is 5.93. The summed E-state index contributed by atoms with van der Waals surface area (Å²) in [6.45, 7) is 1.95. The van der Waals surface area contributed by atoms with Crippen LogP contribution in [0.4, 0.5) is 5.82 Å². The lowest BCUT2D eigenvalue weighted by atomic mass is 10.2. The number of aromatic amines is 1. The van der Waals surface area contributed by atoms with Crippen LogP contribution in [-0.2, 0) is 0 Å². The molecule has 100 valence electrons. The number of hydrogen-bond donors (Lipinski definition) is 2. The van der Waals surface area contributed by atoms with E-state index in [1.165, 1.54) is 0 Å². The Morgan fingerprint density at radius 3 is 2.90 bits per heavy atom. The lowest BCUT2D eigenvalue weighted by Gasteiger charge is -2.03. The Hall–Kier alpha value is -2.33. The van der Waals surface area contributed by atoms with Crippen molar-refractivity contribution in [3.8, 4) is 0 Å². The Kier molecular flexibility index (Phi) is 3.16. The summed E-state index contributed by atoms with van der Waals surface area (Å²) in [5, 5.41) is 4.31. The van der Waals surface area contributed by atoms with Crippen LogP contribution < -0.4 is 5.32 Å². The van der Waals surface area contributed by atoms with Crippen LogP contribution in [0.5, 0.6) is 0 Å². The molecule has 0 bridgehead atoms. The van der Waals surface area contributed by atoms with Crippen molar-refractivity contribution >= 4 is 34.2 Å². The van der Waals surface area contributed by atoms with Crippen molar-refractivity contribution in [3.63, 3.8) is 0 Å². The summed E-state index contributed by atoms with van der Waals surface area (Å²) in [5.41, 5.74) is 2.39. The first-order valence-corrected chi connectivity index (χ1v) is 6.52. The number of fused-ring (bicyclic) bond motifs is 1. The van der Waals surface area contributed by atoms with Crippen molar-refractivity contribution in [1.29, 1.82) is 0 Å². The van der Waals surface area contributed by atoms with Gasteiger partial charge in [-0.05, 0) is 48.9 Å². The highest BCUT2D eigenvalue weighted by Crippen LogP contribution is 2.20. The molecular formula is C15H12ClN3O. The van der Waals surface area contributed by atoms with E-state index in [-0.39, 0.29) is 5.91 Å². The Balaban J connectivity index is 1.88. The standard InChI is InChI=1S/C15H12ClN3O/c1-9-4-5-17-14(6-9)19-15(20)13-8-10-7-11(16)2-3-12(10)18-13/h2-8,18H,1H3,(H,17,19,20). The first-order valence-electron chi connectivity index (χ1n) is 6.14. The summed E-state index contributed by atoms with van der Waals surface area (Å²) in [6, 6.07) is 10.9. The largest absolute Gasteiger partial charge is 0.351 e. The number of nitrogens with zero attached hydrogens (tertiary/aromatic N) is 1. The fourth-order valence-corrected chi connectivity index (χ4v) is 2.19. The number of pyridine rings is 1. The van der Waals surface area contributed by atoms with E-state index in [4.69, 9.17) is 11.6 Å². The molecule has 2 aromatic heterocycles. The molecule has 20 heavy (non-hydrogen) atoms. The van der Waals surface area contributed by atoms with Gasteiger partial charge in [-0.1, -0.05) is 11.6 Å². The van der Waals surface area contributed by atoms with E-state index in [9.17, 15) is 4.79 Å². The normalized spacial score (nSPS) is 10.7. The fourth-order valence-electron chi connectivity index (χ4n) is 2.01. The molecule has 0 unspecified atom stereocenters. The number of carbonyl (C=O) groups is 1. The maximum Gasteiger partial charge on any atom is 0.273 e. The van der Waals surface area contributed by atoms with Gasteiger partial charge >= 0.3 is 0 Å². The maximum atomic E-state index is 12.2. The van der Waals surface area contributed by atoms with Crippen molar-refractivity contribution in [2.45, 2.75) is 6.92 Å². The summed E-state index contributed by atoms with van der Waals surface area (Å²) < 4.78 is 0. The minimum atomic E-state index is -0.226. The van der Waals surface area contributed by atoms with Crippen molar-refractivity contribution in [2.75, 3.05) is 5.32 Å². The molecule has 5 heteroatoms. The van der Waals surface area contributed by atoms with Crippen LogP contribution in [0.3, 0.4) is 0 Å². The molecule has 0 saturated carbocycles. The Morgan fingerprint density at radius 1 is 1.25 bits per heavy atom. The molecule has 0 fully saturated rings. The molecule has 0 aliphatic carbocycles. The molecule has 2 heterocycles. The molecule has 1 aromatic carbocycles. The second-order valence-corrected chi connectivity index (χ2v) is 5.02. The average molecular weight is 286 g/mol. The van der Waals surface area contributed by atoms with E-state index in [0.717, 1.165) is 16.5 Å². The molecular weight excluding hydrogens is 274 g/mol. The van der Waals surface area contributed by atoms with Gasteiger partial charge in [-0.15, -0.1) is 0 Å². The molecule has 0 atom stereocenters. The molecule has 3 rings (SSSR count). The first-order chi connectivity index (χ1) is 9.61. The van der Waals surface area contributed by atoms with Gasteiger partial charge in [-0.25, -0.2) is 4.98 Å². The van der Waals surface area contributed by atoms with E-state index in [2.05, 4.69) is 15.3 Å².